The van der Waals surface area contributed by atoms with Crippen LogP contribution in [0.2, 0.25) is 0 Å². The molecule has 2 aromatic rings. The van der Waals surface area contributed by atoms with Crippen molar-refractivity contribution in [3.05, 3.63) is 30.0 Å². The molecule has 19 heavy (non-hydrogen) atoms. The molecule has 0 saturated carbocycles. The minimum atomic E-state index is -2.78. The van der Waals surface area contributed by atoms with Crippen LogP contribution < -0.4 is 4.74 Å². The molecule has 0 spiro atoms. The van der Waals surface area contributed by atoms with Gasteiger partial charge < -0.3 is 9.72 Å². The number of halogens is 2. The summed E-state index contributed by atoms with van der Waals surface area (Å²) < 4.78 is 28.9. The van der Waals surface area contributed by atoms with Gasteiger partial charge in [0, 0.05) is 17.1 Å². The molecular weight excluding hydrogens is 248 g/mol. The largest absolute Gasteiger partial charge is 0.435 e. The van der Waals surface area contributed by atoms with Crippen molar-refractivity contribution >= 4 is 10.9 Å². The second kappa shape index (κ2) is 5.19. The Labute approximate surface area is 111 Å². The second-order valence-electron chi connectivity index (χ2n) is 5.96. The Morgan fingerprint density at radius 3 is 2.63 bits per heavy atom. The number of aromatic nitrogens is 1. The molecule has 0 bridgehead atoms. The van der Waals surface area contributed by atoms with Crippen molar-refractivity contribution in [3.8, 4) is 5.75 Å². The first-order chi connectivity index (χ1) is 8.85. The lowest BCUT2D eigenvalue weighted by Gasteiger charge is -2.17. The number of nitrogens with one attached hydrogen (secondary N) is 1. The smallest absolute Gasteiger partial charge is 0.387 e. The average Bonchev–Trinajstić information content (AvgIpc) is 2.67. The molecule has 0 aliphatic carbocycles. The highest BCUT2D eigenvalue weighted by Gasteiger charge is 2.13. The number of H-pyrrole nitrogens is 1. The van der Waals surface area contributed by atoms with Crippen molar-refractivity contribution in [1.29, 1.82) is 0 Å². The van der Waals surface area contributed by atoms with Crippen LogP contribution in [0.4, 0.5) is 8.78 Å². The molecule has 1 aromatic carbocycles. The zero-order valence-electron chi connectivity index (χ0n) is 11.5. The lowest BCUT2D eigenvalue weighted by Crippen LogP contribution is -2.06. The number of aryl methyl sites for hydroxylation is 1. The van der Waals surface area contributed by atoms with Crippen LogP contribution in [-0.2, 0) is 6.42 Å². The van der Waals surface area contributed by atoms with Crippen LogP contribution in [0.1, 0.15) is 32.8 Å². The van der Waals surface area contributed by atoms with Crippen molar-refractivity contribution in [3.63, 3.8) is 0 Å². The summed E-state index contributed by atoms with van der Waals surface area (Å²) in [5.41, 5.74) is 2.34. The molecule has 4 heteroatoms. The molecule has 0 fully saturated rings. The fourth-order valence-corrected chi connectivity index (χ4v) is 2.05. The molecule has 0 saturated heterocycles. The van der Waals surface area contributed by atoms with Gasteiger partial charge in [0.25, 0.3) is 0 Å². The summed E-state index contributed by atoms with van der Waals surface area (Å²) in [6, 6.07) is 5.00. The van der Waals surface area contributed by atoms with Gasteiger partial charge in [-0.2, -0.15) is 8.78 Å². The van der Waals surface area contributed by atoms with Gasteiger partial charge in [-0.15, -0.1) is 0 Å². The molecule has 2 rings (SSSR count). The van der Waals surface area contributed by atoms with Crippen molar-refractivity contribution in [2.24, 2.45) is 5.41 Å². The van der Waals surface area contributed by atoms with E-state index in [1.54, 1.807) is 18.2 Å². The number of fused-ring (bicyclic) bond motifs is 1. The van der Waals surface area contributed by atoms with E-state index in [4.69, 9.17) is 0 Å². The highest BCUT2D eigenvalue weighted by molar-refractivity contribution is 5.84. The van der Waals surface area contributed by atoms with E-state index < -0.39 is 6.61 Å². The van der Waals surface area contributed by atoms with Gasteiger partial charge in [-0.3, -0.25) is 0 Å². The van der Waals surface area contributed by atoms with Gasteiger partial charge in [0.15, 0.2) is 0 Å². The van der Waals surface area contributed by atoms with Crippen LogP contribution >= 0.6 is 0 Å². The molecule has 104 valence electrons. The predicted octanol–water partition coefficient (Wildman–Crippen LogP) is 4.75. The van der Waals surface area contributed by atoms with Crippen LogP contribution in [0.3, 0.4) is 0 Å². The summed E-state index contributed by atoms with van der Waals surface area (Å²) in [5, 5.41) is 0.961. The van der Waals surface area contributed by atoms with Crippen molar-refractivity contribution in [1.82, 2.24) is 4.98 Å². The maximum atomic E-state index is 12.2. The van der Waals surface area contributed by atoms with Crippen molar-refractivity contribution in [2.75, 3.05) is 0 Å². The second-order valence-corrected chi connectivity index (χ2v) is 5.96. The summed E-state index contributed by atoms with van der Waals surface area (Å²) in [6.45, 7) is 3.78. The zero-order valence-corrected chi connectivity index (χ0v) is 11.5. The predicted molar refractivity (Wildman–Crippen MR) is 72.7 cm³/mol. The van der Waals surface area contributed by atoms with E-state index >= 15 is 0 Å². The summed E-state index contributed by atoms with van der Waals surface area (Å²) >= 11 is 0. The molecule has 0 radical (unpaired) electrons. The van der Waals surface area contributed by atoms with E-state index in [1.807, 2.05) is 6.20 Å². The van der Waals surface area contributed by atoms with E-state index in [-0.39, 0.29) is 11.2 Å². The Hall–Kier alpha value is -1.58. The molecule has 1 heterocycles. The first-order valence-electron chi connectivity index (χ1n) is 6.40. The van der Waals surface area contributed by atoms with Gasteiger partial charge in [-0.25, -0.2) is 0 Å². The van der Waals surface area contributed by atoms with E-state index in [0.717, 1.165) is 29.3 Å². The SMILES string of the molecule is CC(C)(C)CCc1c[nH]c2ccc(OC(F)F)cc12. The summed E-state index contributed by atoms with van der Waals surface area (Å²) in [4.78, 5) is 3.16. The topological polar surface area (TPSA) is 25.0 Å². The van der Waals surface area contributed by atoms with Crippen LogP contribution in [0, 0.1) is 5.41 Å². The molecular formula is C15H19F2NO. The summed E-state index contributed by atoms with van der Waals surface area (Å²) in [5.74, 6) is 0.208. The fourth-order valence-electron chi connectivity index (χ4n) is 2.05. The Balaban J connectivity index is 2.24. The molecule has 1 aromatic heterocycles. The number of hydrogen-bond acceptors (Lipinski definition) is 1. The van der Waals surface area contributed by atoms with Gasteiger partial charge in [0.2, 0.25) is 0 Å². The van der Waals surface area contributed by atoms with Crippen LogP contribution in [0.5, 0.6) is 5.75 Å². The number of hydrogen-bond donors (Lipinski definition) is 1. The van der Waals surface area contributed by atoms with Gasteiger partial charge in [0.1, 0.15) is 5.75 Å². The maximum Gasteiger partial charge on any atom is 0.387 e. The van der Waals surface area contributed by atoms with Crippen molar-refractivity contribution in [2.45, 2.75) is 40.2 Å². The Morgan fingerprint density at radius 2 is 2.00 bits per heavy atom. The minimum Gasteiger partial charge on any atom is -0.435 e. The lowest BCUT2D eigenvalue weighted by atomic mass is 9.88. The number of ether oxygens (including phenoxy) is 1. The number of alkyl halides is 2. The molecule has 0 amide bonds. The average molecular weight is 267 g/mol. The van der Waals surface area contributed by atoms with Gasteiger partial charge >= 0.3 is 6.61 Å². The molecule has 2 nitrogen and oxygen atoms in total. The quantitative estimate of drug-likeness (QED) is 0.849. The molecule has 0 atom stereocenters. The number of rotatable bonds is 4. The Kier molecular flexibility index (Phi) is 3.78. The number of aromatic amines is 1. The Bertz CT molecular complexity index is 555. The normalized spacial score (nSPS) is 12.3. The lowest BCUT2D eigenvalue weighted by molar-refractivity contribution is -0.0497. The van der Waals surface area contributed by atoms with Crippen LogP contribution in [0.25, 0.3) is 10.9 Å². The highest BCUT2D eigenvalue weighted by atomic mass is 19.3. The van der Waals surface area contributed by atoms with Gasteiger partial charge in [-0.1, -0.05) is 20.8 Å². The summed E-state index contributed by atoms with van der Waals surface area (Å²) in [6.07, 6.45) is 3.91. The Morgan fingerprint density at radius 1 is 1.26 bits per heavy atom. The standard InChI is InChI=1S/C15H19F2NO/c1-15(2,3)7-6-10-9-18-13-5-4-11(8-12(10)13)19-14(16)17/h4-5,8-9,14,18H,6-7H2,1-3H3. The van der Waals surface area contributed by atoms with Crippen LogP contribution in [0.15, 0.2) is 24.4 Å². The molecule has 1 N–H and O–H groups in total. The zero-order chi connectivity index (χ0) is 14.0. The van der Waals surface area contributed by atoms with Crippen LogP contribution in [-0.4, -0.2) is 11.6 Å². The van der Waals surface area contributed by atoms with Gasteiger partial charge in [0.05, 0.1) is 0 Å². The maximum absolute atomic E-state index is 12.2. The van der Waals surface area contributed by atoms with E-state index in [9.17, 15) is 8.78 Å². The molecule has 0 aliphatic heterocycles. The third-order valence-electron chi connectivity index (χ3n) is 3.11. The van der Waals surface area contributed by atoms with E-state index in [2.05, 4.69) is 30.5 Å². The summed E-state index contributed by atoms with van der Waals surface area (Å²) in [7, 11) is 0. The monoisotopic (exact) mass is 267 g/mol. The highest BCUT2D eigenvalue weighted by Crippen LogP contribution is 2.28. The van der Waals surface area contributed by atoms with Gasteiger partial charge in [-0.05, 0) is 42.0 Å². The minimum absolute atomic E-state index is 0.208. The van der Waals surface area contributed by atoms with Crippen molar-refractivity contribution < 1.29 is 13.5 Å². The van der Waals surface area contributed by atoms with E-state index in [1.165, 1.54) is 0 Å². The fraction of sp³-hybridized carbons (Fsp3) is 0.467. The molecule has 0 unspecified atom stereocenters. The number of benzene rings is 1. The first kappa shape index (κ1) is 13.8. The first-order valence-corrected chi connectivity index (χ1v) is 6.40. The molecule has 0 aliphatic rings. The van der Waals surface area contributed by atoms with E-state index in [0.29, 0.717) is 0 Å². The third kappa shape index (κ3) is 3.69. The third-order valence-corrected chi connectivity index (χ3v) is 3.11.